The SMILES string of the molecule is Cn1cc(NC(=O)c2ccnc(O[C@H]3CCSC3)c2)cn1. The van der Waals surface area contributed by atoms with Crippen molar-refractivity contribution < 1.29 is 9.53 Å². The van der Waals surface area contributed by atoms with E-state index in [0.717, 1.165) is 17.9 Å². The quantitative estimate of drug-likeness (QED) is 0.935. The summed E-state index contributed by atoms with van der Waals surface area (Å²) < 4.78 is 7.43. The van der Waals surface area contributed by atoms with E-state index in [9.17, 15) is 4.79 Å². The third kappa shape index (κ3) is 3.55. The number of nitrogens with zero attached hydrogens (tertiary/aromatic N) is 3. The van der Waals surface area contributed by atoms with Gasteiger partial charge in [-0.2, -0.15) is 16.9 Å². The van der Waals surface area contributed by atoms with Crippen LogP contribution >= 0.6 is 11.8 Å². The molecule has 7 heteroatoms. The second-order valence-corrected chi connectivity index (χ2v) is 5.99. The first kappa shape index (κ1) is 13.9. The Bertz CT molecular complexity index is 637. The molecule has 3 rings (SSSR count). The molecule has 1 N–H and O–H groups in total. The molecule has 0 bridgehead atoms. The van der Waals surface area contributed by atoms with Gasteiger partial charge < -0.3 is 10.1 Å². The van der Waals surface area contributed by atoms with Crippen molar-refractivity contribution in [3.05, 3.63) is 36.3 Å². The molecule has 1 saturated heterocycles. The minimum atomic E-state index is -0.198. The minimum Gasteiger partial charge on any atom is -0.473 e. The van der Waals surface area contributed by atoms with Gasteiger partial charge in [-0.15, -0.1) is 0 Å². The average Bonchev–Trinajstić information content (AvgIpc) is 3.11. The number of pyridine rings is 1. The fraction of sp³-hybridized carbons (Fsp3) is 0.357. The van der Waals surface area contributed by atoms with Gasteiger partial charge in [-0.1, -0.05) is 0 Å². The van der Waals surface area contributed by atoms with Crippen LogP contribution in [0.15, 0.2) is 30.7 Å². The van der Waals surface area contributed by atoms with Crippen molar-refractivity contribution in [3.63, 3.8) is 0 Å². The molecule has 0 saturated carbocycles. The zero-order chi connectivity index (χ0) is 14.7. The Balaban J connectivity index is 1.68. The highest BCUT2D eigenvalue weighted by molar-refractivity contribution is 7.99. The van der Waals surface area contributed by atoms with Gasteiger partial charge in [0.25, 0.3) is 5.91 Å². The standard InChI is InChI=1S/C14H16N4O2S/c1-18-8-11(7-16-18)17-14(19)10-2-4-15-13(6-10)20-12-3-5-21-9-12/h2,4,6-8,12H,3,5,9H2,1H3,(H,17,19)/t12-/m0/s1. The average molecular weight is 304 g/mol. The summed E-state index contributed by atoms with van der Waals surface area (Å²) in [5.74, 6) is 2.40. The Labute approximate surface area is 126 Å². The Morgan fingerprint density at radius 3 is 3.19 bits per heavy atom. The van der Waals surface area contributed by atoms with Gasteiger partial charge in [0.1, 0.15) is 6.10 Å². The van der Waals surface area contributed by atoms with E-state index in [0.29, 0.717) is 17.1 Å². The number of carbonyl (C=O) groups excluding carboxylic acids is 1. The molecular formula is C14H16N4O2S. The zero-order valence-electron chi connectivity index (χ0n) is 11.7. The number of aryl methyl sites for hydroxylation is 1. The monoisotopic (exact) mass is 304 g/mol. The number of rotatable bonds is 4. The first-order valence-electron chi connectivity index (χ1n) is 6.71. The fourth-order valence-electron chi connectivity index (χ4n) is 2.08. The number of nitrogens with one attached hydrogen (secondary N) is 1. The summed E-state index contributed by atoms with van der Waals surface area (Å²) in [7, 11) is 1.80. The van der Waals surface area contributed by atoms with Crippen molar-refractivity contribution in [2.45, 2.75) is 12.5 Å². The van der Waals surface area contributed by atoms with Crippen molar-refractivity contribution in [1.29, 1.82) is 0 Å². The van der Waals surface area contributed by atoms with Gasteiger partial charge in [0.15, 0.2) is 0 Å². The first-order chi connectivity index (χ1) is 10.2. The molecule has 2 aromatic heterocycles. The normalized spacial score (nSPS) is 17.7. The van der Waals surface area contributed by atoms with Gasteiger partial charge in [0, 0.05) is 36.8 Å². The Morgan fingerprint density at radius 1 is 1.57 bits per heavy atom. The van der Waals surface area contributed by atoms with E-state index in [2.05, 4.69) is 15.4 Å². The molecule has 2 aromatic rings. The van der Waals surface area contributed by atoms with Gasteiger partial charge in [0.2, 0.25) is 5.88 Å². The van der Waals surface area contributed by atoms with Crippen LogP contribution in [0.2, 0.25) is 0 Å². The van der Waals surface area contributed by atoms with Crippen LogP contribution in [-0.4, -0.2) is 38.3 Å². The largest absolute Gasteiger partial charge is 0.473 e. The lowest BCUT2D eigenvalue weighted by atomic mass is 10.2. The number of aromatic nitrogens is 3. The number of ether oxygens (including phenoxy) is 1. The molecule has 0 radical (unpaired) electrons. The molecule has 3 heterocycles. The van der Waals surface area contributed by atoms with E-state index in [1.165, 1.54) is 0 Å². The van der Waals surface area contributed by atoms with Crippen molar-refractivity contribution in [2.75, 3.05) is 16.8 Å². The third-order valence-corrected chi connectivity index (χ3v) is 4.27. The van der Waals surface area contributed by atoms with Crippen LogP contribution in [0.4, 0.5) is 5.69 Å². The maximum Gasteiger partial charge on any atom is 0.256 e. The molecule has 1 amide bonds. The lowest BCUT2D eigenvalue weighted by molar-refractivity contribution is 0.102. The van der Waals surface area contributed by atoms with E-state index < -0.39 is 0 Å². The molecule has 1 atom stereocenters. The third-order valence-electron chi connectivity index (χ3n) is 3.14. The molecule has 0 unspecified atom stereocenters. The van der Waals surface area contributed by atoms with E-state index in [4.69, 9.17) is 4.74 Å². The maximum atomic E-state index is 12.2. The molecular weight excluding hydrogens is 288 g/mol. The van der Waals surface area contributed by atoms with Crippen LogP contribution in [0.3, 0.4) is 0 Å². The molecule has 6 nitrogen and oxygen atoms in total. The van der Waals surface area contributed by atoms with E-state index in [1.807, 2.05) is 11.8 Å². The van der Waals surface area contributed by atoms with Crippen LogP contribution in [0.5, 0.6) is 5.88 Å². The molecule has 21 heavy (non-hydrogen) atoms. The topological polar surface area (TPSA) is 69.0 Å². The second-order valence-electron chi connectivity index (χ2n) is 4.84. The maximum absolute atomic E-state index is 12.2. The van der Waals surface area contributed by atoms with E-state index in [1.54, 1.807) is 42.5 Å². The molecule has 0 aromatic carbocycles. The van der Waals surface area contributed by atoms with E-state index in [-0.39, 0.29) is 12.0 Å². The molecule has 1 aliphatic rings. The van der Waals surface area contributed by atoms with Gasteiger partial charge >= 0.3 is 0 Å². The number of carbonyl (C=O) groups is 1. The van der Waals surface area contributed by atoms with Gasteiger partial charge in [-0.25, -0.2) is 4.98 Å². The first-order valence-corrected chi connectivity index (χ1v) is 7.86. The smallest absolute Gasteiger partial charge is 0.256 e. The summed E-state index contributed by atoms with van der Waals surface area (Å²) in [5.41, 5.74) is 1.18. The van der Waals surface area contributed by atoms with Crippen molar-refractivity contribution in [2.24, 2.45) is 7.05 Å². The molecule has 1 fully saturated rings. The van der Waals surface area contributed by atoms with Crippen LogP contribution in [0, 0.1) is 0 Å². The summed E-state index contributed by atoms with van der Waals surface area (Å²) >= 11 is 1.87. The Hall–Kier alpha value is -2.02. The molecule has 0 aliphatic carbocycles. The zero-order valence-corrected chi connectivity index (χ0v) is 12.5. The van der Waals surface area contributed by atoms with Crippen molar-refractivity contribution in [3.8, 4) is 5.88 Å². The van der Waals surface area contributed by atoms with Crippen LogP contribution in [0.1, 0.15) is 16.8 Å². The predicted octanol–water partition coefficient (Wildman–Crippen LogP) is 1.95. The summed E-state index contributed by atoms with van der Waals surface area (Å²) in [4.78, 5) is 16.3. The number of hydrogen-bond donors (Lipinski definition) is 1. The van der Waals surface area contributed by atoms with Crippen LogP contribution in [-0.2, 0) is 7.05 Å². The number of anilines is 1. The number of thioether (sulfide) groups is 1. The Morgan fingerprint density at radius 2 is 2.48 bits per heavy atom. The lowest BCUT2D eigenvalue weighted by Gasteiger charge is -2.11. The van der Waals surface area contributed by atoms with Gasteiger partial charge in [-0.3, -0.25) is 9.48 Å². The van der Waals surface area contributed by atoms with Crippen LogP contribution < -0.4 is 10.1 Å². The fourth-order valence-corrected chi connectivity index (χ4v) is 3.17. The minimum absolute atomic E-state index is 0.194. The summed E-state index contributed by atoms with van der Waals surface area (Å²) in [6.07, 6.45) is 6.16. The highest BCUT2D eigenvalue weighted by atomic mass is 32.2. The molecule has 0 spiro atoms. The summed E-state index contributed by atoms with van der Waals surface area (Å²) in [6.45, 7) is 0. The summed E-state index contributed by atoms with van der Waals surface area (Å²) in [6, 6.07) is 3.34. The molecule has 1 aliphatic heterocycles. The predicted molar refractivity (Wildman–Crippen MR) is 81.8 cm³/mol. The Kier molecular flexibility index (Phi) is 4.10. The highest BCUT2D eigenvalue weighted by Gasteiger charge is 2.18. The van der Waals surface area contributed by atoms with Crippen LogP contribution in [0.25, 0.3) is 0 Å². The lowest BCUT2D eigenvalue weighted by Crippen LogP contribution is -2.17. The molecule has 110 valence electrons. The highest BCUT2D eigenvalue weighted by Crippen LogP contribution is 2.22. The van der Waals surface area contributed by atoms with Crippen molar-refractivity contribution >= 4 is 23.4 Å². The summed E-state index contributed by atoms with van der Waals surface area (Å²) in [5, 5.41) is 6.80. The van der Waals surface area contributed by atoms with Gasteiger partial charge in [0.05, 0.1) is 11.9 Å². The number of hydrogen-bond acceptors (Lipinski definition) is 5. The van der Waals surface area contributed by atoms with Crippen molar-refractivity contribution in [1.82, 2.24) is 14.8 Å². The van der Waals surface area contributed by atoms with E-state index >= 15 is 0 Å². The van der Waals surface area contributed by atoms with Gasteiger partial charge in [-0.05, 0) is 18.2 Å². The second kappa shape index (κ2) is 6.17. The number of amides is 1.